The number of esters is 2. The van der Waals surface area contributed by atoms with Crippen molar-refractivity contribution in [3.05, 3.63) is 78.0 Å². The summed E-state index contributed by atoms with van der Waals surface area (Å²) in [5.74, 6) is -0.270. The van der Waals surface area contributed by atoms with Crippen LogP contribution in [0.2, 0.25) is 0 Å². The minimum absolute atomic E-state index is 0.0353. The second-order valence-electron chi connectivity index (χ2n) is 9.32. The predicted octanol–water partition coefficient (Wildman–Crippen LogP) is 7.39. The molecule has 4 rings (SSSR count). The van der Waals surface area contributed by atoms with E-state index in [1.54, 1.807) is 60.9 Å². The third kappa shape index (κ3) is 7.34. The maximum Gasteiger partial charge on any atom is 0.573 e. The molecule has 0 fully saturated rings. The van der Waals surface area contributed by atoms with Crippen molar-refractivity contribution >= 4 is 22.8 Å². The van der Waals surface area contributed by atoms with E-state index in [0.717, 1.165) is 12.1 Å². The van der Waals surface area contributed by atoms with Gasteiger partial charge in [0.15, 0.2) is 0 Å². The van der Waals surface area contributed by atoms with E-state index in [1.807, 2.05) is 13.8 Å². The van der Waals surface area contributed by atoms with Gasteiger partial charge in [-0.05, 0) is 88.4 Å². The number of aromatic nitrogens is 1. The molecule has 4 aromatic rings. The van der Waals surface area contributed by atoms with E-state index in [1.165, 1.54) is 12.1 Å². The van der Waals surface area contributed by atoms with Gasteiger partial charge < -0.3 is 28.3 Å². The predicted molar refractivity (Wildman–Crippen MR) is 149 cm³/mol. The van der Waals surface area contributed by atoms with E-state index in [4.69, 9.17) is 18.9 Å². The normalized spacial score (nSPS) is 11.4. The van der Waals surface area contributed by atoms with E-state index in [0.29, 0.717) is 33.8 Å². The van der Waals surface area contributed by atoms with Crippen LogP contribution in [0.1, 0.15) is 43.7 Å². The molecule has 1 aromatic heterocycles. The summed E-state index contributed by atoms with van der Waals surface area (Å²) < 4.78 is 65.5. The van der Waals surface area contributed by atoms with Crippen LogP contribution in [0.5, 0.6) is 23.0 Å². The fraction of sp³-hybridized carbons (Fsp3) is 0.290. The van der Waals surface area contributed by atoms with E-state index < -0.39 is 18.3 Å². The number of hydrogen-bond donors (Lipinski definition) is 0. The number of nitrogens with zero attached hydrogens (tertiary/aromatic N) is 1. The summed E-state index contributed by atoms with van der Waals surface area (Å²) in [7, 11) is 0. The number of rotatable bonds is 11. The molecule has 8 nitrogen and oxygen atoms in total. The van der Waals surface area contributed by atoms with Crippen molar-refractivity contribution in [2.75, 3.05) is 13.2 Å². The van der Waals surface area contributed by atoms with Crippen LogP contribution in [0.25, 0.3) is 16.6 Å². The van der Waals surface area contributed by atoms with Gasteiger partial charge in [0.1, 0.15) is 23.0 Å². The van der Waals surface area contributed by atoms with Crippen molar-refractivity contribution in [2.24, 2.45) is 0 Å². The molecule has 11 heteroatoms. The lowest BCUT2D eigenvalue weighted by molar-refractivity contribution is -0.274. The zero-order valence-corrected chi connectivity index (χ0v) is 23.5. The number of carbonyl (C=O) groups excluding carboxylic acids is 2. The van der Waals surface area contributed by atoms with Gasteiger partial charge in [-0.1, -0.05) is 0 Å². The standard InChI is InChI=1S/C31H30F3NO7/c1-5-38-28(36)18-27-29(30(37)39-6-2)25-16-15-24(41-22-11-13-23(14-12-22)42-31(32,33)34)17-26(25)35(27)20-7-9-21(10-8-20)40-19(3)4/h7-17,19H,5-6,18H2,1-4H3. The van der Waals surface area contributed by atoms with Gasteiger partial charge in [0, 0.05) is 22.8 Å². The molecule has 222 valence electrons. The molecule has 3 aromatic carbocycles. The Kier molecular flexibility index (Phi) is 9.29. The van der Waals surface area contributed by atoms with Crippen molar-refractivity contribution in [3.8, 4) is 28.7 Å². The highest BCUT2D eigenvalue weighted by molar-refractivity contribution is 6.07. The van der Waals surface area contributed by atoms with Crippen molar-refractivity contribution < 1.29 is 46.4 Å². The smallest absolute Gasteiger partial charge is 0.491 e. The third-order valence-corrected chi connectivity index (χ3v) is 5.89. The molecule has 0 saturated heterocycles. The van der Waals surface area contributed by atoms with Crippen molar-refractivity contribution in [3.63, 3.8) is 0 Å². The number of hydrogen-bond acceptors (Lipinski definition) is 7. The monoisotopic (exact) mass is 585 g/mol. The van der Waals surface area contributed by atoms with Crippen LogP contribution in [0.15, 0.2) is 66.7 Å². The Labute approximate surface area is 240 Å². The summed E-state index contributed by atoms with van der Waals surface area (Å²) in [6.45, 7) is 7.50. The number of carbonyl (C=O) groups is 2. The minimum atomic E-state index is -4.81. The fourth-order valence-corrected chi connectivity index (χ4v) is 4.42. The lowest BCUT2D eigenvalue weighted by Gasteiger charge is -2.14. The molecular formula is C31H30F3NO7. The number of benzene rings is 3. The lowest BCUT2D eigenvalue weighted by Crippen LogP contribution is -2.16. The molecule has 0 atom stereocenters. The summed E-state index contributed by atoms with van der Waals surface area (Å²) in [5.41, 5.74) is 1.74. The molecule has 0 spiro atoms. The molecule has 42 heavy (non-hydrogen) atoms. The lowest BCUT2D eigenvalue weighted by atomic mass is 10.1. The molecule has 0 unspecified atom stereocenters. The van der Waals surface area contributed by atoms with Crippen LogP contribution in [-0.4, -0.2) is 42.2 Å². The number of fused-ring (bicyclic) bond motifs is 1. The van der Waals surface area contributed by atoms with Gasteiger partial charge >= 0.3 is 18.3 Å². The first-order valence-corrected chi connectivity index (χ1v) is 13.3. The van der Waals surface area contributed by atoms with Gasteiger partial charge in [-0.25, -0.2) is 4.79 Å². The maximum absolute atomic E-state index is 13.2. The SMILES string of the molecule is CCOC(=O)Cc1c(C(=O)OCC)c2ccc(Oc3ccc(OC(F)(F)F)cc3)cc2n1-c1ccc(OC(C)C)cc1. The molecule has 0 N–H and O–H groups in total. The highest BCUT2D eigenvalue weighted by Crippen LogP contribution is 2.36. The van der Waals surface area contributed by atoms with Crippen molar-refractivity contribution in [1.29, 1.82) is 0 Å². The zero-order chi connectivity index (χ0) is 30.4. The fourth-order valence-electron chi connectivity index (χ4n) is 4.42. The van der Waals surface area contributed by atoms with E-state index in [-0.39, 0.29) is 42.8 Å². The Morgan fingerprint density at radius 2 is 1.40 bits per heavy atom. The molecule has 1 heterocycles. The van der Waals surface area contributed by atoms with Crippen LogP contribution >= 0.6 is 0 Å². The van der Waals surface area contributed by atoms with Gasteiger partial charge in [-0.15, -0.1) is 13.2 Å². The van der Waals surface area contributed by atoms with Crippen LogP contribution in [-0.2, 0) is 20.7 Å². The zero-order valence-electron chi connectivity index (χ0n) is 23.5. The second-order valence-corrected chi connectivity index (χ2v) is 9.32. The Morgan fingerprint density at radius 1 is 0.810 bits per heavy atom. The average Bonchev–Trinajstić information content (AvgIpc) is 3.22. The Balaban J connectivity index is 1.84. The first-order valence-electron chi connectivity index (χ1n) is 13.3. The minimum Gasteiger partial charge on any atom is -0.491 e. The largest absolute Gasteiger partial charge is 0.573 e. The maximum atomic E-state index is 13.2. The molecule has 0 saturated carbocycles. The molecule has 0 aliphatic rings. The van der Waals surface area contributed by atoms with Crippen LogP contribution in [0.3, 0.4) is 0 Å². The van der Waals surface area contributed by atoms with E-state index in [2.05, 4.69) is 4.74 Å². The summed E-state index contributed by atoms with van der Waals surface area (Å²) >= 11 is 0. The summed E-state index contributed by atoms with van der Waals surface area (Å²) in [5, 5.41) is 0.511. The molecule has 0 aliphatic heterocycles. The van der Waals surface area contributed by atoms with Gasteiger partial charge in [0.2, 0.25) is 0 Å². The van der Waals surface area contributed by atoms with Crippen LogP contribution < -0.4 is 14.2 Å². The topological polar surface area (TPSA) is 85.2 Å². The first-order chi connectivity index (χ1) is 20.0. The van der Waals surface area contributed by atoms with Crippen LogP contribution in [0, 0.1) is 0 Å². The summed E-state index contributed by atoms with van der Waals surface area (Å²) in [6.07, 6.45) is -5.06. The van der Waals surface area contributed by atoms with E-state index in [9.17, 15) is 22.8 Å². The number of halogens is 3. The van der Waals surface area contributed by atoms with Crippen molar-refractivity contribution in [2.45, 2.75) is 46.6 Å². The Hall–Kier alpha value is -4.67. The molecule has 0 amide bonds. The van der Waals surface area contributed by atoms with Crippen LogP contribution in [0.4, 0.5) is 13.2 Å². The summed E-state index contributed by atoms with van der Waals surface area (Å²) in [4.78, 5) is 25.9. The average molecular weight is 586 g/mol. The van der Waals surface area contributed by atoms with Gasteiger partial charge in [0.05, 0.1) is 36.8 Å². The summed E-state index contributed by atoms with van der Waals surface area (Å²) in [6, 6.07) is 17.1. The number of ether oxygens (including phenoxy) is 5. The van der Waals surface area contributed by atoms with Gasteiger partial charge in [-0.3, -0.25) is 4.79 Å². The second kappa shape index (κ2) is 12.9. The third-order valence-electron chi connectivity index (χ3n) is 5.89. The Bertz CT molecular complexity index is 1540. The molecule has 0 radical (unpaired) electrons. The van der Waals surface area contributed by atoms with Gasteiger partial charge in [-0.2, -0.15) is 0 Å². The molecule has 0 aliphatic carbocycles. The highest BCUT2D eigenvalue weighted by Gasteiger charge is 2.31. The Morgan fingerprint density at radius 3 is 2.00 bits per heavy atom. The molecular weight excluding hydrogens is 555 g/mol. The number of alkyl halides is 3. The van der Waals surface area contributed by atoms with Crippen molar-refractivity contribution in [1.82, 2.24) is 4.57 Å². The highest BCUT2D eigenvalue weighted by atomic mass is 19.4. The first kappa shape index (κ1) is 30.3. The molecule has 0 bridgehead atoms. The van der Waals surface area contributed by atoms with E-state index >= 15 is 0 Å². The van der Waals surface area contributed by atoms with Gasteiger partial charge in [0.25, 0.3) is 0 Å². The quantitative estimate of drug-likeness (QED) is 0.170.